The number of rotatable bonds is 7. The molecule has 178 valence electrons. The average Bonchev–Trinajstić information content (AvgIpc) is 2.84. The minimum absolute atomic E-state index is 0.0571. The summed E-state index contributed by atoms with van der Waals surface area (Å²) in [6.45, 7) is 4.38. The van der Waals surface area contributed by atoms with Gasteiger partial charge in [0.2, 0.25) is 12.4 Å². The second-order valence-corrected chi connectivity index (χ2v) is 8.26. The van der Waals surface area contributed by atoms with Crippen LogP contribution in [0.25, 0.3) is 22.4 Å². The van der Waals surface area contributed by atoms with Crippen LogP contribution in [0.3, 0.4) is 0 Å². The lowest BCUT2D eigenvalue weighted by molar-refractivity contribution is 0.330. The minimum atomic E-state index is 0.0571. The highest BCUT2D eigenvalue weighted by Crippen LogP contribution is 2.29. The number of hydrogen-bond acceptors (Lipinski definition) is 7. The molecule has 2 aromatic carbocycles. The van der Waals surface area contributed by atoms with Crippen molar-refractivity contribution in [2.45, 2.75) is 20.4 Å². The Kier molecular flexibility index (Phi) is 6.91. The molecular formula is C27H28N6O2. The van der Waals surface area contributed by atoms with Crippen LogP contribution in [0.2, 0.25) is 0 Å². The number of carbonyl (C=O) groups excluding carboxylic acids is 1. The molecule has 35 heavy (non-hydrogen) atoms. The van der Waals surface area contributed by atoms with Gasteiger partial charge in [0.05, 0.1) is 24.9 Å². The van der Waals surface area contributed by atoms with Crippen molar-refractivity contribution in [1.29, 1.82) is 0 Å². The molecule has 0 saturated carbocycles. The van der Waals surface area contributed by atoms with Gasteiger partial charge in [0.15, 0.2) is 5.49 Å². The van der Waals surface area contributed by atoms with Gasteiger partial charge in [-0.1, -0.05) is 42.5 Å². The summed E-state index contributed by atoms with van der Waals surface area (Å²) in [5.41, 5.74) is 12.5. The smallest absolute Gasteiger partial charge is 0.222 e. The Morgan fingerprint density at radius 2 is 1.66 bits per heavy atom. The molecular weight excluding hydrogens is 440 g/mol. The van der Waals surface area contributed by atoms with Crippen molar-refractivity contribution in [3.63, 3.8) is 0 Å². The van der Waals surface area contributed by atoms with E-state index in [0.717, 1.165) is 33.8 Å². The maximum absolute atomic E-state index is 12.2. The van der Waals surface area contributed by atoms with Crippen LogP contribution >= 0.6 is 0 Å². The van der Waals surface area contributed by atoms with Gasteiger partial charge in [-0.2, -0.15) is 5.10 Å². The molecule has 2 aromatic heterocycles. The largest absolute Gasteiger partial charge is 0.497 e. The summed E-state index contributed by atoms with van der Waals surface area (Å²) in [6.07, 6.45) is 0.640. The zero-order valence-corrected chi connectivity index (χ0v) is 20.3. The van der Waals surface area contributed by atoms with Crippen molar-refractivity contribution in [2.75, 3.05) is 19.9 Å². The van der Waals surface area contributed by atoms with E-state index in [2.05, 4.69) is 9.97 Å². The molecule has 0 bridgehead atoms. The zero-order chi connectivity index (χ0) is 24.9. The fourth-order valence-corrected chi connectivity index (χ4v) is 4.00. The van der Waals surface area contributed by atoms with E-state index in [1.165, 1.54) is 4.57 Å². The number of benzene rings is 2. The summed E-state index contributed by atoms with van der Waals surface area (Å²) in [5, 5.41) is 6.62. The van der Waals surface area contributed by atoms with Gasteiger partial charge in [0.25, 0.3) is 0 Å². The van der Waals surface area contributed by atoms with Crippen molar-refractivity contribution >= 4 is 12.4 Å². The normalized spacial score (nSPS) is 11.4. The van der Waals surface area contributed by atoms with Gasteiger partial charge >= 0.3 is 0 Å². The van der Waals surface area contributed by atoms with Gasteiger partial charge < -0.3 is 10.5 Å². The van der Waals surface area contributed by atoms with Crippen molar-refractivity contribution in [2.24, 2.45) is 5.10 Å². The molecule has 2 heterocycles. The first-order chi connectivity index (χ1) is 16.9. The Bertz CT molecular complexity index is 1390. The average molecular weight is 469 g/mol. The van der Waals surface area contributed by atoms with E-state index in [1.807, 2.05) is 87.6 Å². The summed E-state index contributed by atoms with van der Waals surface area (Å²) < 4.78 is 6.52. The maximum atomic E-state index is 12.2. The van der Waals surface area contributed by atoms with Crippen molar-refractivity contribution in [3.05, 3.63) is 89.2 Å². The number of ether oxygens (including phenoxy) is 1. The molecule has 0 saturated heterocycles. The number of pyridine rings is 1. The third-order valence-electron chi connectivity index (χ3n) is 5.52. The number of methoxy groups -OCH3 is 1. The number of nitrogens with two attached hydrogens (primary N) is 1. The summed E-state index contributed by atoms with van der Waals surface area (Å²) in [6, 6.07) is 21.4. The molecule has 0 aliphatic carbocycles. The Morgan fingerprint density at radius 3 is 2.26 bits per heavy atom. The van der Waals surface area contributed by atoms with Crippen LogP contribution in [-0.4, -0.2) is 40.1 Å². The summed E-state index contributed by atoms with van der Waals surface area (Å²) >= 11 is 0. The summed E-state index contributed by atoms with van der Waals surface area (Å²) in [5.74, 6) is 0.842. The Balaban J connectivity index is 1.96. The van der Waals surface area contributed by atoms with Gasteiger partial charge in [-0.25, -0.2) is 9.55 Å². The highest BCUT2D eigenvalue weighted by atomic mass is 16.5. The van der Waals surface area contributed by atoms with E-state index >= 15 is 0 Å². The van der Waals surface area contributed by atoms with E-state index in [1.54, 1.807) is 12.1 Å². The highest BCUT2D eigenvalue weighted by molar-refractivity contribution is 5.82. The van der Waals surface area contributed by atoms with E-state index in [4.69, 9.17) is 15.6 Å². The number of aromatic nitrogens is 3. The van der Waals surface area contributed by atoms with Gasteiger partial charge in [0, 0.05) is 24.0 Å². The predicted molar refractivity (Wildman–Crippen MR) is 137 cm³/mol. The zero-order valence-electron chi connectivity index (χ0n) is 20.3. The first kappa shape index (κ1) is 23.7. The molecule has 4 aromatic rings. The van der Waals surface area contributed by atoms with E-state index < -0.39 is 0 Å². The topological polar surface area (TPSA) is 98.6 Å². The second kappa shape index (κ2) is 10.2. The van der Waals surface area contributed by atoms with Crippen LogP contribution in [0.15, 0.2) is 71.8 Å². The first-order valence-corrected chi connectivity index (χ1v) is 11.2. The van der Waals surface area contributed by atoms with Gasteiger partial charge in [0.1, 0.15) is 5.75 Å². The highest BCUT2D eigenvalue weighted by Gasteiger charge is 2.18. The summed E-state index contributed by atoms with van der Waals surface area (Å²) in [4.78, 5) is 21.3. The van der Waals surface area contributed by atoms with E-state index in [9.17, 15) is 4.79 Å². The van der Waals surface area contributed by atoms with Crippen LogP contribution in [0.5, 0.6) is 5.75 Å². The molecule has 0 aliphatic rings. The quantitative estimate of drug-likeness (QED) is 0.327. The van der Waals surface area contributed by atoms with Gasteiger partial charge in [-0.05, 0) is 49.2 Å². The molecule has 4 rings (SSSR count). The molecule has 8 heteroatoms. The standard InChI is InChI=1S/C27H28N6O2/c1-18-14-22(15-19(2)29-18)24-25(21-8-6-5-7-9-21)30-27(28)33(17-34)26(24)31-32(3)16-20-10-12-23(35-4)13-11-20/h5-15,17H,16H2,1-4H3,(H2,28,30)/b31-26-. The predicted octanol–water partition coefficient (Wildman–Crippen LogP) is 3.81. The van der Waals surface area contributed by atoms with Crippen LogP contribution in [0.4, 0.5) is 5.95 Å². The monoisotopic (exact) mass is 468 g/mol. The van der Waals surface area contributed by atoms with Crippen molar-refractivity contribution in [3.8, 4) is 28.1 Å². The fraction of sp³-hybridized carbons (Fsp3) is 0.185. The summed E-state index contributed by atoms with van der Waals surface area (Å²) in [7, 11) is 3.49. The number of aryl methyl sites for hydroxylation is 2. The molecule has 8 nitrogen and oxygen atoms in total. The molecule has 2 N–H and O–H groups in total. The van der Waals surface area contributed by atoms with Crippen molar-refractivity contribution < 1.29 is 9.53 Å². The molecule has 0 unspecified atom stereocenters. The maximum Gasteiger partial charge on any atom is 0.222 e. The lowest BCUT2D eigenvalue weighted by Crippen LogP contribution is -2.31. The SMILES string of the molecule is COc1ccc(CN(C)/N=c2/c(-c3cc(C)nc(C)c3)c(-c3ccccc3)nc(N)n2C=O)cc1. The fourth-order valence-electron chi connectivity index (χ4n) is 4.00. The van der Waals surface area contributed by atoms with Crippen LogP contribution < -0.4 is 16.0 Å². The number of anilines is 1. The number of carbonyl (C=O) groups is 1. The molecule has 0 atom stereocenters. The number of hydrogen-bond donors (Lipinski definition) is 1. The van der Waals surface area contributed by atoms with Crippen LogP contribution in [0, 0.1) is 13.8 Å². The Labute approximate surface area is 204 Å². The lowest BCUT2D eigenvalue weighted by Gasteiger charge is -2.18. The molecule has 0 aliphatic heterocycles. The first-order valence-electron chi connectivity index (χ1n) is 11.2. The number of nitrogen functional groups attached to an aromatic ring is 1. The Hall–Kier alpha value is -4.46. The second-order valence-electron chi connectivity index (χ2n) is 8.26. The van der Waals surface area contributed by atoms with Crippen LogP contribution in [0.1, 0.15) is 17.0 Å². The minimum Gasteiger partial charge on any atom is -0.497 e. The lowest BCUT2D eigenvalue weighted by atomic mass is 9.99. The third kappa shape index (κ3) is 5.22. The molecule has 0 spiro atoms. The van der Waals surface area contributed by atoms with Gasteiger partial charge in [-0.3, -0.25) is 14.8 Å². The van der Waals surface area contributed by atoms with Crippen molar-refractivity contribution in [1.82, 2.24) is 19.5 Å². The van der Waals surface area contributed by atoms with Crippen LogP contribution in [-0.2, 0) is 11.3 Å². The number of nitrogens with zero attached hydrogens (tertiary/aromatic N) is 5. The van der Waals surface area contributed by atoms with E-state index in [0.29, 0.717) is 29.7 Å². The molecule has 0 radical (unpaired) electrons. The van der Waals surface area contributed by atoms with E-state index in [-0.39, 0.29) is 5.95 Å². The third-order valence-corrected chi connectivity index (χ3v) is 5.52. The Morgan fingerprint density at radius 1 is 1.00 bits per heavy atom. The van der Waals surface area contributed by atoms with Gasteiger partial charge in [-0.15, -0.1) is 0 Å². The molecule has 0 fully saturated rings. The molecule has 0 amide bonds.